The summed E-state index contributed by atoms with van der Waals surface area (Å²) in [6, 6.07) is 4.62. The second-order valence-electron chi connectivity index (χ2n) is 5.63. The van der Waals surface area contributed by atoms with Gasteiger partial charge in [0.15, 0.2) is 11.6 Å². The Bertz CT molecular complexity index is 489. The number of ether oxygens (including phenoxy) is 1. The van der Waals surface area contributed by atoms with E-state index < -0.39 is 0 Å². The summed E-state index contributed by atoms with van der Waals surface area (Å²) in [6.45, 7) is 2.91. The van der Waals surface area contributed by atoms with Crippen LogP contribution in [0.15, 0.2) is 18.2 Å². The maximum atomic E-state index is 14.0. The van der Waals surface area contributed by atoms with Crippen molar-refractivity contribution in [1.29, 1.82) is 0 Å². The number of hydrogen-bond acceptors (Lipinski definition) is 3. The van der Waals surface area contributed by atoms with Gasteiger partial charge in [-0.3, -0.25) is 4.79 Å². The zero-order chi connectivity index (χ0) is 15.2. The second kappa shape index (κ2) is 7.41. The lowest BCUT2D eigenvalue weighted by Crippen LogP contribution is -2.27. The summed E-state index contributed by atoms with van der Waals surface area (Å²) >= 11 is 0. The molecule has 1 amide bonds. The molecule has 1 aliphatic carbocycles. The Morgan fingerprint density at radius 1 is 1.52 bits per heavy atom. The van der Waals surface area contributed by atoms with E-state index in [1.165, 1.54) is 18.9 Å². The van der Waals surface area contributed by atoms with Crippen LogP contribution in [0.2, 0.25) is 0 Å². The van der Waals surface area contributed by atoms with Crippen molar-refractivity contribution in [3.05, 3.63) is 29.6 Å². The highest BCUT2D eigenvalue weighted by atomic mass is 19.1. The topological polar surface area (TPSA) is 64.4 Å². The number of nitrogens with two attached hydrogens (primary N) is 1. The monoisotopic (exact) mass is 294 g/mol. The summed E-state index contributed by atoms with van der Waals surface area (Å²) in [5.74, 6) is 0.427. The van der Waals surface area contributed by atoms with Gasteiger partial charge < -0.3 is 15.8 Å². The molecule has 0 aliphatic heterocycles. The molecule has 5 heteroatoms. The Kier molecular flexibility index (Phi) is 5.56. The third-order valence-electron chi connectivity index (χ3n) is 3.61. The molecule has 3 N–H and O–H groups in total. The number of carbonyl (C=O) groups is 1. The summed E-state index contributed by atoms with van der Waals surface area (Å²) in [5.41, 5.74) is 6.09. The molecule has 0 spiro atoms. The van der Waals surface area contributed by atoms with Crippen LogP contribution < -0.4 is 15.8 Å². The number of benzene rings is 1. The molecule has 21 heavy (non-hydrogen) atoms. The van der Waals surface area contributed by atoms with Crippen LogP contribution >= 0.6 is 0 Å². The van der Waals surface area contributed by atoms with Gasteiger partial charge in [0.25, 0.3) is 0 Å². The van der Waals surface area contributed by atoms with Crippen molar-refractivity contribution in [3.63, 3.8) is 0 Å². The van der Waals surface area contributed by atoms with Crippen LogP contribution in [0.3, 0.4) is 0 Å². The minimum Gasteiger partial charge on any atom is -0.490 e. The van der Waals surface area contributed by atoms with E-state index in [1.807, 2.05) is 6.92 Å². The number of amides is 1. The van der Waals surface area contributed by atoms with E-state index in [1.54, 1.807) is 12.1 Å². The Morgan fingerprint density at radius 3 is 2.90 bits per heavy atom. The highest BCUT2D eigenvalue weighted by molar-refractivity contribution is 5.76. The van der Waals surface area contributed by atoms with Crippen molar-refractivity contribution in [1.82, 2.24) is 5.32 Å². The zero-order valence-electron chi connectivity index (χ0n) is 12.4. The van der Waals surface area contributed by atoms with Crippen molar-refractivity contribution in [2.45, 2.75) is 38.6 Å². The van der Waals surface area contributed by atoms with Crippen molar-refractivity contribution in [2.24, 2.45) is 11.7 Å². The second-order valence-corrected chi connectivity index (χ2v) is 5.63. The van der Waals surface area contributed by atoms with Gasteiger partial charge in [0, 0.05) is 6.42 Å². The first kappa shape index (κ1) is 15.8. The molecule has 4 nitrogen and oxygen atoms in total. The average Bonchev–Trinajstić information content (AvgIpc) is 3.27. The van der Waals surface area contributed by atoms with Crippen molar-refractivity contribution in [2.75, 3.05) is 13.2 Å². The van der Waals surface area contributed by atoms with Gasteiger partial charge in [-0.05, 0) is 56.3 Å². The molecule has 1 saturated carbocycles. The largest absolute Gasteiger partial charge is 0.490 e. The first-order valence-corrected chi connectivity index (χ1v) is 7.52. The minimum atomic E-state index is -0.379. The minimum absolute atomic E-state index is 0.0672. The molecule has 0 saturated heterocycles. The van der Waals surface area contributed by atoms with Gasteiger partial charge in [-0.25, -0.2) is 4.39 Å². The first-order valence-electron chi connectivity index (χ1n) is 7.52. The average molecular weight is 294 g/mol. The summed E-state index contributed by atoms with van der Waals surface area (Å²) in [5, 5.41) is 2.84. The van der Waals surface area contributed by atoms with Crippen LogP contribution in [0.4, 0.5) is 4.39 Å². The highest BCUT2D eigenvalue weighted by Crippen LogP contribution is 2.30. The maximum absolute atomic E-state index is 14.0. The molecular weight excluding hydrogens is 271 g/mol. The van der Waals surface area contributed by atoms with Gasteiger partial charge in [-0.1, -0.05) is 6.07 Å². The molecule has 1 aliphatic rings. The first-order chi connectivity index (χ1) is 10.1. The number of carbonyl (C=O) groups excluding carboxylic acids is 1. The van der Waals surface area contributed by atoms with E-state index in [0.717, 1.165) is 5.56 Å². The van der Waals surface area contributed by atoms with Crippen molar-refractivity contribution >= 4 is 5.91 Å². The fraction of sp³-hybridized carbons (Fsp3) is 0.562. The molecule has 1 aromatic carbocycles. The quantitative estimate of drug-likeness (QED) is 0.774. The Morgan fingerprint density at radius 2 is 2.29 bits per heavy atom. The van der Waals surface area contributed by atoms with E-state index in [0.29, 0.717) is 31.9 Å². The van der Waals surface area contributed by atoms with Gasteiger partial charge in [0.2, 0.25) is 5.91 Å². The number of hydrogen-bond donors (Lipinski definition) is 2. The number of nitrogens with one attached hydrogen (secondary N) is 1. The number of rotatable bonds is 8. The van der Waals surface area contributed by atoms with Crippen LogP contribution in [0, 0.1) is 11.7 Å². The molecule has 0 bridgehead atoms. The Labute approximate surface area is 124 Å². The zero-order valence-corrected chi connectivity index (χ0v) is 12.4. The lowest BCUT2D eigenvalue weighted by molar-refractivity contribution is -0.121. The van der Waals surface area contributed by atoms with Crippen LogP contribution in [0.25, 0.3) is 0 Å². The molecule has 0 radical (unpaired) electrons. The third-order valence-corrected chi connectivity index (χ3v) is 3.61. The van der Waals surface area contributed by atoms with Gasteiger partial charge in [0.1, 0.15) is 0 Å². The van der Waals surface area contributed by atoms with Crippen LogP contribution in [-0.2, 0) is 4.79 Å². The SMILES string of the molecule is CC(NC(=O)CCCN)c1ccc(OCC2CC2)c(F)c1. The molecule has 0 aromatic heterocycles. The van der Waals surface area contributed by atoms with E-state index in [9.17, 15) is 9.18 Å². The van der Waals surface area contributed by atoms with Gasteiger partial charge in [-0.15, -0.1) is 0 Å². The third kappa shape index (κ3) is 5.01. The number of halogens is 1. The predicted molar refractivity (Wildman–Crippen MR) is 79.5 cm³/mol. The molecule has 1 atom stereocenters. The normalized spacial score (nSPS) is 15.6. The highest BCUT2D eigenvalue weighted by Gasteiger charge is 2.22. The molecule has 0 heterocycles. The molecule has 1 fully saturated rings. The lowest BCUT2D eigenvalue weighted by Gasteiger charge is -2.15. The molecule has 1 unspecified atom stereocenters. The van der Waals surface area contributed by atoms with Gasteiger partial charge in [0.05, 0.1) is 12.6 Å². The van der Waals surface area contributed by atoms with Crippen molar-refractivity contribution < 1.29 is 13.9 Å². The fourth-order valence-electron chi connectivity index (χ4n) is 2.06. The lowest BCUT2D eigenvalue weighted by atomic mass is 10.1. The maximum Gasteiger partial charge on any atom is 0.220 e. The van der Waals surface area contributed by atoms with Gasteiger partial charge >= 0.3 is 0 Å². The molecule has 2 rings (SSSR count). The summed E-state index contributed by atoms with van der Waals surface area (Å²) in [4.78, 5) is 11.6. The standard InChI is InChI=1S/C16H23FN2O2/c1-11(19-16(20)3-2-8-18)13-6-7-15(14(17)9-13)21-10-12-4-5-12/h6-7,9,11-12H,2-5,8,10,18H2,1H3,(H,19,20). The van der Waals surface area contributed by atoms with E-state index in [4.69, 9.17) is 10.5 Å². The summed E-state index contributed by atoms with van der Waals surface area (Å²) in [7, 11) is 0. The van der Waals surface area contributed by atoms with Gasteiger partial charge in [-0.2, -0.15) is 0 Å². The fourth-order valence-corrected chi connectivity index (χ4v) is 2.06. The molecular formula is C16H23FN2O2. The van der Waals surface area contributed by atoms with Crippen LogP contribution in [0.5, 0.6) is 5.75 Å². The summed E-state index contributed by atoms with van der Waals surface area (Å²) < 4.78 is 19.4. The smallest absolute Gasteiger partial charge is 0.220 e. The van der Waals surface area contributed by atoms with Crippen molar-refractivity contribution in [3.8, 4) is 5.75 Å². The van der Waals surface area contributed by atoms with Crippen LogP contribution in [-0.4, -0.2) is 19.1 Å². The molecule has 1 aromatic rings. The predicted octanol–water partition coefficient (Wildman–Crippen LogP) is 2.53. The van der Waals surface area contributed by atoms with E-state index in [-0.39, 0.29) is 23.5 Å². The van der Waals surface area contributed by atoms with E-state index >= 15 is 0 Å². The van der Waals surface area contributed by atoms with E-state index in [2.05, 4.69) is 5.32 Å². The Balaban J connectivity index is 1.89. The molecule has 116 valence electrons. The Hall–Kier alpha value is -1.62. The summed E-state index contributed by atoms with van der Waals surface area (Å²) in [6.07, 6.45) is 3.39. The van der Waals surface area contributed by atoms with Crippen LogP contribution in [0.1, 0.15) is 44.2 Å².